The number of carbonyl (C=O) groups excluding carboxylic acids is 2. The van der Waals surface area contributed by atoms with E-state index in [9.17, 15) is 9.59 Å². The van der Waals surface area contributed by atoms with Crippen LogP contribution in [0.5, 0.6) is 0 Å². The maximum Gasteiger partial charge on any atom is 0.266 e. The first-order chi connectivity index (χ1) is 14.5. The van der Waals surface area contributed by atoms with Crippen LogP contribution in [0.3, 0.4) is 0 Å². The molecule has 0 bridgehead atoms. The van der Waals surface area contributed by atoms with Gasteiger partial charge in [0.1, 0.15) is 5.92 Å². The van der Waals surface area contributed by atoms with E-state index in [4.69, 9.17) is 28.0 Å². The van der Waals surface area contributed by atoms with Crippen molar-refractivity contribution in [2.45, 2.75) is 12.1 Å². The highest BCUT2D eigenvalue weighted by Gasteiger charge is 2.60. The first-order valence-corrected chi connectivity index (χ1v) is 10.2. The van der Waals surface area contributed by atoms with E-state index in [2.05, 4.69) is 0 Å². The van der Waals surface area contributed by atoms with Gasteiger partial charge in [-0.1, -0.05) is 53.5 Å². The zero-order valence-electron chi connectivity index (χ0n) is 15.6. The van der Waals surface area contributed by atoms with Crippen LogP contribution in [-0.4, -0.2) is 17.9 Å². The summed E-state index contributed by atoms with van der Waals surface area (Å²) >= 11 is 12.2. The molecular weight excluding hydrogens is 423 g/mol. The zero-order valence-corrected chi connectivity index (χ0v) is 17.1. The van der Waals surface area contributed by atoms with Gasteiger partial charge < -0.3 is 0 Å². The van der Waals surface area contributed by atoms with Gasteiger partial charge >= 0.3 is 0 Å². The minimum absolute atomic E-state index is 0.310. The summed E-state index contributed by atoms with van der Waals surface area (Å²) < 4.78 is 0. The van der Waals surface area contributed by atoms with Gasteiger partial charge in [0.2, 0.25) is 5.91 Å². The normalized spacial score (nSPS) is 23.2. The smallest absolute Gasteiger partial charge is 0.266 e. The summed E-state index contributed by atoms with van der Waals surface area (Å²) in [7, 11) is 0. The highest BCUT2D eigenvalue weighted by Crippen LogP contribution is 2.47. The Labute approximate surface area is 183 Å². The molecule has 2 saturated heterocycles. The SMILES string of the molecule is O=C1[C@@H]2[C@H](ON(c3ccccc3)[C@H]2c2cccc(Cl)c2)C(=O)N1c1ccc(Cl)cc1. The second kappa shape index (κ2) is 7.43. The van der Waals surface area contributed by atoms with Crippen LogP contribution in [0.4, 0.5) is 11.4 Å². The van der Waals surface area contributed by atoms with Gasteiger partial charge in [-0.2, -0.15) is 0 Å². The highest BCUT2D eigenvalue weighted by atomic mass is 35.5. The molecule has 0 aromatic heterocycles. The summed E-state index contributed by atoms with van der Waals surface area (Å²) in [5, 5.41) is 2.73. The number of hydrogen-bond donors (Lipinski definition) is 0. The third-order valence-corrected chi connectivity index (χ3v) is 5.89. The fraction of sp³-hybridized carbons (Fsp3) is 0.130. The number of halogens is 2. The molecule has 2 fully saturated rings. The van der Waals surface area contributed by atoms with E-state index >= 15 is 0 Å². The van der Waals surface area contributed by atoms with Crippen LogP contribution in [0.1, 0.15) is 11.6 Å². The van der Waals surface area contributed by atoms with Crippen LogP contribution in [0.25, 0.3) is 0 Å². The van der Waals surface area contributed by atoms with Crippen molar-refractivity contribution in [3.8, 4) is 0 Å². The second-order valence-electron chi connectivity index (χ2n) is 7.20. The van der Waals surface area contributed by atoms with Crippen LogP contribution >= 0.6 is 23.2 Å². The third kappa shape index (κ3) is 3.06. The average molecular weight is 439 g/mol. The van der Waals surface area contributed by atoms with Gasteiger partial charge in [-0.3, -0.25) is 14.4 Å². The molecule has 2 heterocycles. The molecule has 3 aromatic rings. The minimum atomic E-state index is -0.919. The molecule has 2 amide bonds. The molecule has 0 spiro atoms. The fourth-order valence-corrected chi connectivity index (χ4v) is 4.41. The maximum absolute atomic E-state index is 13.5. The fourth-order valence-electron chi connectivity index (χ4n) is 4.09. The lowest BCUT2D eigenvalue weighted by atomic mass is 9.90. The van der Waals surface area contributed by atoms with Gasteiger partial charge in [0.15, 0.2) is 6.10 Å². The lowest BCUT2D eigenvalue weighted by Gasteiger charge is -2.28. The molecule has 3 atom stereocenters. The van der Waals surface area contributed by atoms with Crippen molar-refractivity contribution in [3.05, 3.63) is 94.5 Å². The van der Waals surface area contributed by atoms with E-state index in [-0.39, 0.29) is 5.91 Å². The monoisotopic (exact) mass is 438 g/mol. The Morgan fingerprint density at radius 2 is 1.47 bits per heavy atom. The summed E-state index contributed by atoms with van der Waals surface area (Å²) in [6.07, 6.45) is -0.919. The van der Waals surface area contributed by atoms with E-state index in [1.54, 1.807) is 41.5 Å². The highest BCUT2D eigenvalue weighted by molar-refractivity contribution is 6.31. The van der Waals surface area contributed by atoms with Crippen molar-refractivity contribution in [1.29, 1.82) is 0 Å². The summed E-state index contributed by atoms with van der Waals surface area (Å²) in [6.45, 7) is 0. The third-order valence-electron chi connectivity index (χ3n) is 5.40. The van der Waals surface area contributed by atoms with Crippen molar-refractivity contribution in [3.63, 3.8) is 0 Å². The molecule has 0 N–H and O–H groups in total. The number of rotatable bonds is 3. The molecule has 3 aromatic carbocycles. The summed E-state index contributed by atoms with van der Waals surface area (Å²) in [5.41, 5.74) is 2.04. The molecule has 0 aliphatic carbocycles. The summed E-state index contributed by atoms with van der Waals surface area (Å²) in [4.78, 5) is 33.9. The Morgan fingerprint density at radius 3 is 2.17 bits per heavy atom. The average Bonchev–Trinajstić information content (AvgIpc) is 3.26. The van der Waals surface area contributed by atoms with Crippen LogP contribution in [0.2, 0.25) is 10.0 Å². The van der Waals surface area contributed by atoms with Crippen molar-refractivity contribution >= 4 is 46.4 Å². The van der Waals surface area contributed by atoms with E-state index in [1.807, 2.05) is 42.5 Å². The molecule has 5 nitrogen and oxygen atoms in total. The topological polar surface area (TPSA) is 49.9 Å². The van der Waals surface area contributed by atoms with Crippen molar-refractivity contribution in [2.24, 2.45) is 5.92 Å². The number of nitrogens with zero attached hydrogens (tertiary/aromatic N) is 2. The number of benzene rings is 3. The predicted octanol–water partition coefficient (Wildman–Crippen LogP) is 5.04. The van der Waals surface area contributed by atoms with Crippen LogP contribution in [0, 0.1) is 5.92 Å². The standard InChI is InChI=1S/C23H16Cl2N2O3/c24-15-9-11-17(12-10-15)26-22(28)19-20(14-5-4-6-16(25)13-14)27(30-21(19)23(26)29)18-7-2-1-3-8-18/h1-13,19-21H/t19-,20-,21-/m0/s1. The zero-order chi connectivity index (χ0) is 20.8. The quantitative estimate of drug-likeness (QED) is 0.537. The molecule has 2 aliphatic heterocycles. The van der Waals surface area contributed by atoms with Gasteiger partial charge in [-0.25, -0.2) is 9.96 Å². The molecule has 7 heteroatoms. The molecule has 30 heavy (non-hydrogen) atoms. The van der Waals surface area contributed by atoms with Crippen LogP contribution in [0.15, 0.2) is 78.9 Å². The number of imide groups is 1. The second-order valence-corrected chi connectivity index (χ2v) is 8.07. The van der Waals surface area contributed by atoms with Crippen LogP contribution in [-0.2, 0) is 14.4 Å². The van der Waals surface area contributed by atoms with Crippen molar-refractivity contribution in [2.75, 3.05) is 9.96 Å². The van der Waals surface area contributed by atoms with Gasteiger partial charge in [0, 0.05) is 10.0 Å². The number of fused-ring (bicyclic) bond motifs is 1. The van der Waals surface area contributed by atoms with Crippen LogP contribution < -0.4 is 9.96 Å². The molecule has 0 saturated carbocycles. The van der Waals surface area contributed by atoms with Crippen molar-refractivity contribution < 1.29 is 14.4 Å². The first-order valence-electron chi connectivity index (χ1n) is 9.44. The number of hydroxylamine groups is 1. The first kappa shape index (κ1) is 19.1. The van der Waals surface area contributed by atoms with E-state index < -0.39 is 24.0 Å². The largest absolute Gasteiger partial charge is 0.273 e. The number of anilines is 2. The lowest BCUT2D eigenvalue weighted by molar-refractivity contribution is -0.126. The maximum atomic E-state index is 13.5. The van der Waals surface area contributed by atoms with Gasteiger partial charge in [-0.15, -0.1) is 0 Å². The Hall–Kier alpha value is -2.86. The number of carbonyl (C=O) groups is 2. The van der Waals surface area contributed by atoms with Gasteiger partial charge in [0.25, 0.3) is 5.91 Å². The Bertz CT molecular complexity index is 1120. The Morgan fingerprint density at radius 1 is 0.733 bits per heavy atom. The molecular formula is C23H16Cl2N2O3. The summed E-state index contributed by atoms with van der Waals surface area (Å²) in [5.74, 6) is -1.40. The Balaban J connectivity index is 1.59. The summed E-state index contributed by atoms with van der Waals surface area (Å²) in [6, 6.07) is 22.8. The molecule has 150 valence electrons. The number of hydrogen-bond acceptors (Lipinski definition) is 4. The van der Waals surface area contributed by atoms with Crippen molar-refractivity contribution in [1.82, 2.24) is 0 Å². The lowest BCUT2D eigenvalue weighted by Crippen LogP contribution is -2.37. The Kier molecular flexibility index (Phi) is 4.74. The van der Waals surface area contributed by atoms with E-state index in [1.165, 1.54) is 4.90 Å². The molecule has 0 unspecified atom stereocenters. The van der Waals surface area contributed by atoms with Gasteiger partial charge in [0.05, 0.1) is 17.4 Å². The molecule has 2 aliphatic rings. The molecule has 0 radical (unpaired) electrons. The van der Waals surface area contributed by atoms with E-state index in [0.717, 1.165) is 11.3 Å². The minimum Gasteiger partial charge on any atom is -0.273 e. The van der Waals surface area contributed by atoms with E-state index in [0.29, 0.717) is 15.7 Å². The predicted molar refractivity (Wildman–Crippen MR) is 115 cm³/mol. The number of para-hydroxylation sites is 1. The van der Waals surface area contributed by atoms with Gasteiger partial charge in [-0.05, 0) is 54.1 Å². The molecule has 5 rings (SSSR count). The number of amides is 2.